The molecule has 0 aliphatic carbocycles. The van der Waals surface area contributed by atoms with Crippen molar-refractivity contribution in [2.24, 2.45) is 0 Å². The summed E-state index contributed by atoms with van der Waals surface area (Å²) in [6, 6.07) is 50.9. The molecule has 7 aromatic rings. The minimum Gasteiger partial charge on any atom is -0.256 e. The lowest BCUT2D eigenvalue weighted by Gasteiger charge is -2.19. The zero-order valence-electron chi connectivity index (χ0n) is 31.2. The molecule has 52 heavy (non-hydrogen) atoms. The van der Waals surface area contributed by atoms with Crippen molar-refractivity contribution in [3.8, 4) is 67.0 Å². The Balaban J connectivity index is 1.24. The van der Waals surface area contributed by atoms with Crippen molar-refractivity contribution in [3.63, 3.8) is 0 Å². The van der Waals surface area contributed by atoms with Gasteiger partial charge in [-0.1, -0.05) is 139 Å². The molecular formula is C49H46N2S. The maximum atomic E-state index is 4.70. The number of pyridine rings is 2. The number of hydrogen-bond acceptors (Lipinski definition) is 3. The van der Waals surface area contributed by atoms with Gasteiger partial charge in [-0.3, -0.25) is 9.97 Å². The standard InChI is InChI=1S/C49H46N2S/c1-48(2,3)39-24-26-50-46(31-39)35-20-16-33(17-21-35)42-12-8-10-14-44(42)37-28-38(30-41(29-37)52-7)45-15-11-9-13-43(45)34-18-22-36(23-19-34)47-32-40(25-27-51-47)49(4,5)6/h8-32H,1-7H3. The molecule has 0 atom stereocenters. The summed E-state index contributed by atoms with van der Waals surface area (Å²) in [7, 11) is 0. The first-order valence-electron chi connectivity index (χ1n) is 18.0. The second-order valence-corrected chi connectivity index (χ2v) is 16.4. The Morgan fingerprint density at radius 2 is 0.731 bits per heavy atom. The molecule has 2 nitrogen and oxygen atoms in total. The van der Waals surface area contributed by atoms with Gasteiger partial charge in [0.1, 0.15) is 0 Å². The summed E-state index contributed by atoms with van der Waals surface area (Å²) >= 11 is 1.78. The molecule has 0 aliphatic heterocycles. The highest BCUT2D eigenvalue weighted by atomic mass is 32.2. The van der Waals surface area contributed by atoms with Gasteiger partial charge in [0.25, 0.3) is 0 Å². The van der Waals surface area contributed by atoms with E-state index in [4.69, 9.17) is 9.97 Å². The van der Waals surface area contributed by atoms with Crippen LogP contribution in [0, 0.1) is 0 Å². The maximum Gasteiger partial charge on any atom is 0.0704 e. The fourth-order valence-electron chi connectivity index (χ4n) is 6.75. The Kier molecular flexibility index (Phi) is 9.74. The molecule has 7 rings (SSSR count). The average Bonchev–Trinajstić information content (AvgIpc) is 3.17. The average molecular weight is 695 g/mol. The van der Waals surface area contributed by atoms with Crippen molar-refractivity contribution in [1.82, 2.24) is 9.97 Å². The van der Waals surface area contributed by atoms with E-state index in [1.807, 2.05) is 12.4 Å². The Hall–Kier alpha value is -5.25. The number of thioether (sulfide) groups is 1. The third-order valence-corrected chi connectivity index (χ3v) is 10.6. The molecule has 0 saturated heterocycles. The number of hydrogen-bond donors (Lipinski definition) is 0. The van der Waals surface area contributed by atoms with Gasteiger partial charge >= 0.3 is 0 Å². The van der Waals surface area contributed by atoms with Crippen LogP contribution in [-0.4, -0.2) is 16.2 Å². The van der Waals surface area contributed by atoms with Crippen LogP contribution in [0.25, 0.3) is 67.0 Å². The Labute approximate surface area is 314 Å². The Morgan fingerprint density at radius 1 is 0.385 bits per heavy atom. The van der Waals surface area contributed by atoms with Crippen LogP contribution >= 0.6 is 11.8 Å². The molecule has 0 spiro atoms. The fraction of sp³-hybridized carbons (Fsp3) is 0.184. The normalized spacial score (nSPS) is 11.8. The first kappa shape index (κ1) is 35.2. The molecule has 2 heterocycles. The molecule has 0 unspecified atom stereocenters. The highest BCUT2D eigenvalue weighted by molar-refractivity contribution is 7.98. The Morgan fingerprint density at radius 3 is 1.08 bits per heavy atom. The van der Waals surface area contributed by atoms with Crippen LogP contribution in [-0.2, 0) is 10.8 Å². The van der Waals surface area contributed by atoms with Crippen molar-refractivity contribution >= 4 is 11.8 Å². The summed E-state index contributed by atoms with van der Waals surface area (Å²) in [6.07, 6.45) is 6.00. The smallest absolute Gasteiger partial charge is 0.0704 e. The van der Waals surface area contributed by atoms with Gasteiger partial charge in [-0.05, 0) is 115 Å². The molecule has 0 fully saturated rings. The Bertz CT molecular complexity index is 2180. The predicted octanol–water partition coefficient (Wildman–Crippen LogP) is 13.8. The predicted molar refractivity (Wildman–Crippen MR) is 224 cm³/mol. The summed E-state index contributed by atoms with van der Waals surface area (Å²) < 4.78 is 0. The zero-order valence-corrected chi connectivity index (χ0v) is 32.1. The minimum atomic E-state index is 0.0721. The van der Waals surface area contributed by atoms with Crippen LogP contribution in [0.5, 0.6) is 0 Å². The van der Waals surface area contributed by atoms with Crippen molar-refractivity contribution < 1.29 is 0 Å². The SMILES string of the molecule is CSc1cc(-c2ccccc2-c2ccc(-c3cc(C(C)(C)C)ccn3)cc2)cc(-c2ccccc2-c2ccc(-c3cc(C(C)(C)C)ccn3)cc2)c1. The lowest BCUT2D eigenvalue weighted by Crippen LogP contribution is -2.11. The van der Waals surface area contributed by atoms with E-state index in [-0.39, 0.29) is 10.8 Å². The van der Waals surface area contributed by atoms with Crippen molar-refractivity contribution in [3.05, 3.63) is 163 Å². The first-order valence-corrected chi connectivity index (χ1v) is 19.2. The molecule has 258 valence electrons. The molecule has 0 bridgehead atoms. The summed E-state index contributed by atoms with van der Waals surface area (Å²) in [5.41, 5.74) is 16.6. The monoisotopic (exact) mass is 694 g/mol. The van der Waals surface area contributed by atoms with Crippen LogP contribution in [0.4, 0.5) is 0 Å². The molecule has 5 aromatic carbocycles. The second-order valence-electron chi connectivity index (χ2n) is 15.6. The summed E-state index contributed by atoms with van der Waals surface area (Å²) in [6.45, 7) is 13.4. The highest BCUT2D eigenvalue weighted by Gasteiger charge is 2.17. The zero-order chi connectivity index (χ0) is 36.5. The van der Waals surface area contributed by atoms with Gasteiger partial charge < -0.3 is 0 Å². The number of rotatable bonds is 7. The maximum absolute atomic E-state index is 4.70. The van der Waals surface area contributed by atoms with Crippen molar-refractivity contribution in [2.75, 3.05) is 6.26 Å². The van der Waals surface area contributed by atoms with Gasteiger partial charge in [-0.25, -0.2) is 0 Å². The molecule has 2 aromatic heterocycles. The largest absolute Gasteiger partial charge is 0.256 e. The van der Waals surface area contributed by atoms with Crippen molar-refractivity contribution in [2.45, 2.75) is 57.3 Å². The minimum absolute atomic E-state index is 0.0721. The fourth-order valence-corrected chi connectivity index (χ4v) is 7.24. The van der Waals surface area contributed by atoms with Gasteiger partial charge in [-0.2, -0.15) is 0 Å². The van der Waals surface area contributed by atoms with Gasteiger partial charge in [0.05, 0.1) is 11.4 Å². The van der Waals surface area contributed by atoms with E-state index in [0.717, 1.165) is 22.5 Å². The molecular weight excluding hydrogens is 649 g/mol. The lowest BCUT2D eigenvalue weighted by molar-refractivity contribution is 0.589. The molecule has 0 aliphatic rings. The van der Waals surface area contributed by atoms with E-state index < -0.39 is 0 Å². The van der Waals surface area contributed by atoms with Gasteiger partial charge in [0.2, 0.25) is 0 Å². The van der Waals surface area contributed by atoms with Crippen LogP contribution in [0.1, 0.15) is 52.7 Å². The molecule has 0 radical (unpaired) electrons. The van der Waals surface area contributed by atoms with E-state index in [9.17, 15) is 0 Å². The van der Waals surface area contributed by atoms with E-state index in [0.29, 0.717) is 0 Å². The first-order chi connectivity index (χ1) is 25.0. The molecule has 0 saturated carbocycles. The number of nitrogens with zero attached hydrogens (tertiary/aromatic N) is 2. The van der Waals surface area contributed by atoms with Crippen LogP contribution in [0.2, 0.25) is 0 Å². The second kappa shape index (κ2) is 14.4. The van der Waals surface area contributed by atoms with Gasteiger partial charge in [-0.15, -0.1) is 11.8 Å². The summed E-state index contributed by atoms with van der Waals surface area (Å²) in [5, 5.41) is 0. The topological polar surface area (TPSA) is 25.8 Å². The van der Waals surface area contributed by atoms with Crippen LogP contribution in [0.15, 0.2) is 157 Å². The van der Waals surface area contributed by atoms with E-state index in [2.05, 4.69) is 187 Å². The van der Waals surface area contributed by atoms with E-state index >= 15 is 0 Å². The van der Waals surface area contributed by atoms with Crippen LogP contribution < -0.4 is 0 Å². The number of aromatic nitrogens is 2. The molecule has 3 heteroatoms. The van der Waals surface area contributed by atoms with E-state index in [1.54, 1.807) is 11.8 Å². The molecule has 0 N–H and O–H groups in total. The third kappa shape index (κ3) is 7.52. The van der Waals surface area contributed by atoms with Crippen molar-refractivity contribution in [1.29, 1.82) is 0 Å². The third-order valence-electron chi connectivity index (χ3n) is 9.85. The lowest BCUT2D eigenvalue weighted by atomic mass is 9.86. The summed E-state index contributed by atoms with van der Waals surface area (Å²) in [4.78, 5) is 10.6. The van der Waals surface area contributed by atoms with E-state index in [1.165, 1.54) is 60.5 Å². The highest BCUT2D eigenvalue weighted by Crippen LogP contribution is 2.40. The number of benzene rings is 5. The molecule has 0 amide bonds. The van der Waals surface area contributed by atoms with Gasteiger partial charge in [0.15, 0.2) is 0 Å². The summed E-state index contributed by atoms with van der Waals surface area (Å²) in [5.74, 6) is 0. The van der Waals surface area contributed by atoms with Crippen LogP contribution in [0.3, 0.4) is 0 Å². The van der Waals surface area contributed by atoms with Gasteiger partial charge in [0, 0.05) is 28.4 Å². The quantitative estimate of drug-likeness (QED) is 0.155.